The highest BCUT2D eigenvalue weighted by Gasteiger charge is 2.15. The van der Waals surface area contributed by atoms with Crippen molar-refractivity contribution in [2.75, 3.05) is 6.54 Å². The second-order valence-corrected chi connectivity index (χ2v) is 7.90. The Morgan fingerprint density at radius 3 is 2.92 bits per heavy atom. The van der Waals surface area contributed by atoms with Crippen LogP contribution in [0.4, 0.5) is 0 Å². The molecule has 134 valence electrons. The number of hydrogen-bond acceptors (Lipinski definition) is 4. The van der Waals surface area contributed by atoms with Crippen molar-refractivity contribution in [1.82, 2.24) is 20.3 Å². The van der Waals surface area contributed by atoms with Crippen LogP contribution in [0, 0.1) is 13.8 Å². The normalized spacial score (nSPS) is 12.9. The predicted octanol–water partition coefficient (Wildman–Crippen LogP) is 3.98. The Labute approximate surface area is 155 Å². The van der Waals surface area contributed by atoms with Crippen molar-refractivity contribution in [2.45, 2.75) is 33.2 Å². The summed E-state index contributed by atoms with van der Waals surface area (Å²) < 4.78 is 0. The first kappa shape index (κ1) is 17.0. The van der Waals surface area contributed by atoms with E-state index in [1.807, 2.05) is 26.8 Å². The molecule has 26 heavy (non-hydrogen) atoms. The Morgan fingerprint density at radius 1 is 1.27 bits per heavy atom. The van der Waals surface area contributed by atoms with Crippen LogP contribution >= 0.6 is 11.3 Å². The molecule has 0 unspecified atom stereocenters. The average molecular weight is 366 g/mol. The van der Waals surface area contributed by atoms with Gasteiger partial charge in [-0.05, 0) is 50.9 Å². The molecule has 4 aromatic rings. The van der Waals surface area contributed by atoms with Gasteiger partial charge in [-0.15, -0.1) is 11.3 Å². The maximum atomic E-state index is 12.4. The first-order valence-corrected chi connectivity index (χ1v) is 9.64. The van der Waals surface area contributed by atoms with E-state index in [0.29, 0.717) is 5.82 Å². The summed E-state index contributed by atoms with van der Waals surface area (Å²) in [7, 11) is 0. The Bertz CT molecular complexity index is 1140. The summed E-state index contributed by atoms with van der Waals surface area (Å²) in [5, 5.41) is 5.46. The van der Waals surface area contributed by atoms with Crippen molar-refractivity contribution in [3.8, 4) is 0 Å². The summed E-state index contributed by atoms with van der Waals surface area (Å²) in [6.07, 6.45) is 2.98. The van der Waals surface area contributed by atoms with Gasteiger partial charge in [-0.3, -0.25) is 4.79 Å². The van der Waals surface area contributed by atoms with Gasteiger partial charge in [0.25, 0.3) is 5.56 Å². The second-order valence-electron chi connectivity index (χ2n) is 6.70. The van der Waals surface area contributed by atoms with Gasteiger partial charge < -0.3 is 15.3 Å². The highest BCUT2D eigenvalue weighted by atomic mass is 32.1. The minimum absolute atomic E-state index is 0.0139. The Balaban J connectivity index is 1.49. The quantitative estimate of drug-likeness (QED) is 0.500. The lowest BCUT2D eigenvalue weighted by atomic mass is 10.1. The van der Waals surface area contributed by atoms with Crippen LogP contribution in [0.15, 0.2) is 35.3 Å². The lowest BCUT2D eigenvalue weighted by molar-refractivity contribution is 0.550. The second kappa shape index (κ2) is 6.70. The molecule has 5 nitrogen and oxygen atoms in total. The number of fused-ring (bicyclic) bond motifs is 2. The van der Waals surface area contributed by atoms with Gasteiger partial charge in [-0.25, -0.2) is 4.98 Å². The summed E-state index contributed by atoms with van der Waals surface area (Å²) in [5.41, 5.74) is 3.44. The van der Waals surface area contributed by atoms with Gasteiger partial charge in [0.1, 0.15) is 10.7 Å². The third-order valence-corrected chi connectivity index (χ3v) is 6.09. The minimum atomic E-state index is -0.0443. The Hall–Kier alpha value is -2.44. The van der Waals surface area contributed by atoms with E-state index < -0.39 is 0 Å². The van der Waals surface area contributed by atoms with E-state index in [4.69, 9.17) is 0 Å². The lowest BCUT2D eigenvalue weighted by Crippen LogP contribution is -2.25. The van der Waals surface area contributed by atoms with E-state index in [-0.39, 0.29) is 11.6 Å². The molecule has 0 aliphatic heterocycles. The molecule has 0 amide bonds. The minimum Gasteiger partial charge on any atom is -0.361 e. The van der Waals surface area contributed by atoms with Crippen molar-refractivity contribution in [1.29, 1.82) is 0 Å². The van der Waals surface area contributed by atoms with Gasteiger partial charge in [-0.1, -0.05) is 18.2 Å². The van der Waals surface area contributed by atoms with Crippen LogP contribution in [0.3, 0.4) is 0 Å². The number of benzene rings is 1. The maximum Gasteiger partial charge on any atom is 0.259 e. The molecule has 0 saturated carbocycles. The number of nitrogens with zero attached hydrogens (tertiary/aromatic N) is 1. The number of hydrogen-bond donors (Lipinski definition) is 3. The van der Waals surface area contributed by atoms with Crippen LogP contribution in [0.1, 0.15) is 34.8 Å². The van der Waals surface area contributed by atoms with E-state index in [1.54, 1.807) is 11.3 Å². The van der Waals surface area contributed by atoms with E-state index in [2.05, 4.69) is 44.7 Å². The van der Waals surface area contributed by atoms with E-state index in [9.17, 15) is 4.79 Å². The monoisotopic (exact) mass is 366 g/mol. The van der Waals surface area contributed by atoms with Crippen LogP contribution in [0.5, 0.6) is 0 Å². The van der Waals surface area contributed by atoms with Gasteiger partial charge in [0, 0.05) is 22.0 Å². The van der Waals surface area contributed by atoms with E-state index in [1.165, 1.54) is 10.9 Å². The molecule has 3 heterocycles. The summed E-state index contributed by atoms with van der Waals surface area (Å²) in [6, 6.07) is 8.31. The summed E-state index contributed by atoms with van der Waals surface area (Å²) in [5.74, 6) is 0.697. The van der Waals surface area contributed by atoms with Crippen molar-refractivity contribution in [3.63, 3.8) is 0 Å². The molecule has 3 N–H and O–H groups in total. The Kier molecular flexibility index (Phi) is 4.38. The molecule has 0 bridgehead atoms. The molecule has 1 aromatic carbocycles. The molecule has 0 saturated heterocycles. The largest absolute Gasteiger partial charge is 0.361 e. The number of para-hydroxylation sites is 1. The van der Waals surface area contributed by atoms with Gasteiger partial charge >= 0.3 is 0 Å². The van der Waals surface area contributed by atoms with Gasteiger partial charge in [0.15, 0.2) is 0 Å². The van der Waals surface area contributed by atoms with Gasteiger partial charge in [-0.2, -0.15) is 0 Å². The molecule has 0 spiro atoms. The van der Waals surface area contributed by atoms with Crippen LogP contribution in [0.25, 0.3) is 21.1 Å². The molecule has 0 radical (unpaired) electrons. The molecule has 4 rings (SSSR count). The van der Waals surface area contributed by atoms with Crippen LogP contribution < -0.4 is 10.9 Å². The number of nitrogens with one attached hydrogen (secondary N) is 3. The van der Waals surface area contributed by atoms with Crippen LogP contribution in [0.2, 0.25) is 0 Å². The van der Waals surface area contributed by atoms with Gasteiger partial charge in [0.2, 0.25) is 0 Å². The fourth-order valence-corrected chi connectivity index (χ4v) is 4.37. The summed E-state index contributed by atoms with van der Waals surface area (Å²) in [6.45, 7) is 6.86. The van der Waals surface area contributed by atoms with Crippen molar-refractivity contribution in [3.05, 3.63) is 62.6 Å². The maximum absolute atomic E-state index is 12.4. The summed E-state index contributed by atoms with van der Waals surface area (Å²) in [4.78, 5) is 25.3. The fraction of sp³-hybridized carbons (Fsp3) is 0.300. The van der Waals surface area contributed by atoms with E-state index in [0.717, 1.165) is 39.1 Å². The topological polar surface area (TPSA) is 73.6 Å². The molecule has 0 aliphatic carbocycles. The fourth-order valence-electron chi connectivity index (χ4n) is 3.33. The predicted molar refractivity (Wildman–Crippen MR) is 108 cm³/mol. The highest BCUT2D eigenvalue weighted by Crippen LogP contribution is 2.26. The highest BCUT2D eigenvalue weighted by molar-refractivity contribution is 7.18. The van der Waals surface area contributed by atoms with Crippen molar-refractivity contribution < 1.29 is 0 Å². The summed E-state index contributed by atoms with van der Waals surface area (Å²) >= 11 is 1.58. The standard InChI is InChI=1S/C20H22N4OS/c1-11-13(3)26-20-17(11)19(25)23-18(24-20)12(2)21-9-8-14-10-22-16-7-5-4-6-15(14)16/h4-7,10,12,21-22H,8-9H2,1-3H3,(H,23,24,25)/t12-/m1/s1. The molecule has 0 fully saturated rings. The zero-order chi connectivity index (χ0) is 18.3. The average Bonchev–Trinajstić information content (AvgIpc) is 3.16. The van der Waals surface area contributed by atoms with Crippen molar-refractivity contribution >= 4 is 32.5 Å². The lowest BCUT2D eigenvalue weighted by Gasteiger charge is -2.13. The molecule has 0 aliphatic rings. The van der Waals surface area contributed by atoms with E-state index >= 15 is 0 Å². The SMILES string of the molecule is Cc1sc2nc([C@@H](C)NCCc3c[nH]c4ccccc34)[nH]c(=O)c2c1C. The molecular weight excluding hydrogens is 344 g/mol. The number of rotatable bonds is 5. The third kappa shape index (κ3) is 2.95. The number of aryl methyl sites for hydroxylation is 2. The molecule has 3 aromatic heterocycles. The zero-order valence-corrected chi connectivity index (χ0v) is 16.0. The van der Waals surface area contributed by atoms with Crippen LogP contribution in [-0.2, 0) is 6.42 Å². The smallest absolute Gasteiger partial charge is 0.259 e. The Morgan fingerprint density at radius 2 is 2.08 bits per heavy atom. The first-order chi connectivity index (χ1) is 12.5. The molecular formula is C20H22N4OS. The molecule has 1 atom stereocenters. The van der Waals surface area contributed by atoms with Gasteiger partial charge in [0.05, 0.1) is 11.4 Å². The zero-order valence-electron chi connectivity index (χ0n) is 15.1. The first-order valence-electron chi connectivity index (χ1n) is 8.83. The number of H-pyrrole nitrogens is 2. The van der Waals surface area contributed by atoms with Crippen LogP contribution in [-0.4, -0.2) is 21.5 Å². The number of thiophene rings is 1. The molecule has 6 heteroatoms. The third-order valence-electron chi connectivity index (χ3n) is 4.99. The van der Waals surface area contributed by atoms with Crippen molar-refractivity contribution in [2.24, 2.45) is 0 Å². The number of aromatic amines is 2. The number of aromatic nitrogens is 3.